The van der Waals surface area contributed by atoms with Gasteiger partial charge in [-0.25, -0.2) is 0 Å². The zero-order chi connectivity index (χ0) is 23.3. The smallest absolute Gasteiger partial charge is 0.241 e. The molecule has 4 atom stereocenters. The Kier molecular flexibility index (Phi) is 7.94. The number of nitrogens with two attached hydrogens (primary N) is 3. The number of nitrogens with one attached hydrogen (secondary N) is 3. The van der Waals surface area contributed by atoms with E-state index in [1.54, 1.807) is 0 Å². The first-order valence-corrected chi connectivity index (χ1v) is 11.7. The van der Waals surface area contributed by atoms with Crippen LogP contribution in [0.15, 0.2) is 4.99 Å². The fraction of sp³-hybridized carbons (Fsp3) is 0.810. The van der Waals surface area contributed by atoms with Gasteiger partial charge in [0.25, 0.3) is 0 Å². The van der Waals surface area contributed by atoms with Crippen LogP contribution in [0.4, 0.5) is 0 Å². The van der Waals surface area contributed by atoms with E-state index in [2.05, 4.69) is 32.8 Å². The Morgan fingerprint density at radius 3 is 2.47 bits per heavy atom. The molecule has 180 valence electrons. The maximum absolute atomic E-state index is 12.9. The molecule has 1 saturated carbocycles. The van der Waals surface area contributed by atoms with E-state index in [4.69, 9.17) is 17.2 Å². The highest BCUT2D eigenvalue weighted by molar-refractivity contribution is 5.90. The quantitative estimate of drug-likeness (QED) is 0.123. The number of guanidine groups is 1. The lowest BCUT2D eigenvalue weighted by Crippen LogP contribution is -2.67. The third-order valence-corrected chi connectivity index (χ3v) is 6.83. The second-order valence-electron chi connectivity index (χ2n) is 9.32. The lowest BCUT2D eigenvalue weighted by atomic mass is 9.94. The van der Waals surface area contributed by atoms with Crippen molar-refractivity contribution in [3.8, 4) is 0 Å². The topological polar surface area (TPSA) is 181 Å². The summed E-state index contributed by atoms with van der Waals surface area (Å²) in [6.07, 6.45) is 6.69. The molecule has 0 radical (unpaired) electrons. The second-order valence-corrected chi connectivity index (χ2v) is 9.32. The van der Waals surface area contributed by atoms with Gasteiger partial charge >= 0.3 is 0 Å². The van der Waals surface area contributed by atoms with Gasteiger partial charge in [0.05, 0.1) is 12.1 Å². The van der Waals surface area contributed by atoms with Gasteiger partial charge in [-0.1, -0.05) is 19.8 Å². The Balaban J connectivity index is 1.66. The van der Waals surface area contributed by atoms with Gasteiger partial charge in [0.1, 0.15) is 6.04 Å². The molecule has 0 bridgehead atoms. The van der Waals surface area contributed by atoms with E-state index in [0.717, 1.165) is 38.5 Å². The number of piperazine rings is 2. The number of hydrogen-bond acceptors (Lipinski definition) is 6. The molecule has 0 aromatic carbocycles. The SMILES string of the molecule is CCCC[C@@H]1NC[C@H](CC2(N3C[C@H](C(N)=O)NC(=O)[C@@H]3CCCN=C(N)N)CC2)NC1=O. The van der Waals surface area contributed by atoms with E-state index >= 15 is 0 Å². The number of carbonyl (C=O) groups excluding carboxylic acids is 3. The molecule has 3 aliphatic rings. The Bertz CT molecular complexity index is 735. The van der Waals surface area contributed by atoms with Crippen molar-refractivity contribution >= 4 is 23.7 Å². The number of nitrogens with zero attached hydrogens (tertiary/aromatic N) is 2. The highest BCUT2D eigenvalue weighted by Gasteiger charge is 2.55. The Hall–Kier alpha value is -2.40. The van der Waals surface area contributed by atoms with E-state index in [1.165, 1.54) is 0 Å². The second kappa shape index (κ2) is 10.5. The summed E-state index contributed by atoms with van der Waals surface area (Å²) in [7, 11) is 0. The monoisotopic (exact) mass is 450 g/mol. The van der Waals surface area contributed by atoms with Crippen molar-refractivity contribution in [2.24, 2.45) is 22.2 Å². The van der Waals surface area contributed by atoms with Crippen molar-refractivity contribution in [1.82, 2.24) is 20.9 Å². The summed E-state index contributed by atoms with van der Waals surface area (Å²) in [4.78, 5) is 43.4. The largest absolute Gasteiger partial charge is 0.370 e. The summed E-state index contributed by atoms with van der Waals surface area (Å²) in [5.41, 5.74) is 16.1. The molecule has 2 saturated heterocycles. The zero-order valence-electron chi connectivity index (χ0n) is 18.9. The average molecular weight is 451 g/mol. The first-order valence-electron chi connectivity index (χ1n) is 11.7. The number of primary amides is 1. The summed E-state index contributed by atoms with van der Waals surface area (Å²) < 4.78 is 0. The van der Waals surface area contributed by atoms with Crippen LogP contribution in [0.1, 0.15) is 58.3 Å². The molecule has 1 aliphatic carbocycles. The molecule has 3 amide bonds. The fourth-order valence-corrected chi connectivity index (χ4v) is 4.95. The predicted octanol–water partition coefficient (Wildman–Crippen LogP) is -1.74. The molecular formula is C21H38N8O3. The molecule has 3 rings (SSSR count). The third-order valence-electron chi connectivity index (χ3n) is 6.83. The van der Waals surface area contributed by atoms with E-state index in [0.29, 0.717) is 32.5 Å². The number of carbonyl (C=O) groups is 3. The maximum Gasteiger partial charge on any atom is 0.241 e. The number of aliphatic imine (C=N–C) groups is 1. The minimum atomic E-state index is -0.716. The summed E-state index contributed by atoms with van der Waals surface area (Å²) >= 11 is 0. The summed E-state index contributed by atoms with van der Waals surface area (Å²) in [5, 5.41) is 9.31. The van der Waals surface area contributed by atoms with E-state index < -0.39 is 11.9 Å². The molecule has 2 heterocycles. The van der Waals surface area contributed by atoms with Crippen LogP contribution < -0.4 is 33.2 Å². The van der Waals surface area contributed by atoms with E-state index in [-0.39, 0.29) is 41.4 Å². The van der Waals surface area contributed by atoms with Crippen LogP contribution in [-0.4, -0.2) is 77.9 Å². The van der Waals surface area contributed by atoms with Crippen LogP contribution in [0.2, 0.25) is 0 Å². The van der Waals surface area contributed by atoms with Crippen LogP contribution >= 0.6 is 0 Å². The fourth-order valence-electron chi connectivity index (χ4n) is 4.95. The van der Waals surface area contributed by atoms with Crippen LogP contribution in [0.3, 0.4) is 0 Å². The van der Waals surface area contributed by atoms with Crippen molar-refractivity contribution < 1.29 is 14.4 Å². The van der Waals surface area contributed by atoms with Crippen molar-refractivity contribution in [3.05, 3.63) is 0 Å². The Morgan fingerprint density at radius 2 is 1.88 bits per heavy atom. The molecular weight excluding hydrogens is 412 g/mol. The summed E-state index contributed by atoms with van der Waals surface area (Å²) in [6, 6.07) is -1.25. The molecule has 0 aromatic rings. The Morgan fingerprint density at radius 1 is 1.12 bits per heavy atom. The average Bonchev–Trinajstić information content (AvgIpc) is 3.51. The number of amides is 3. The standard InChI is InChI=1S/C21H38N8O3/c1-2-3-5-14-18(31)27-13(11-26-14)10-21(7-8-21)29-12-15(17(22)30)28-19(32)16(29)6-4-9-25-20(23)24/h13-16,26H,2-12H2,1H3,(H2,22,30)(H,27,31)(H,28,32)(H4,23,24,25)/t13-,14-,15+,16-/m0/s1. The third kappa shape index (κ3) is 5.89. The van der Waals surface area contributed by atoms with Crippen LogP contribution in [0.5, 0.6) is 0 Å². The molecule has 0 unspecified atom stereocenters. The zero-order valence-corrected chi connectivity index (χ0v) is 18.9. The minimum absolute atomic E-state index is 0.0119. The molecule has 32 heavy (non-hydrogen) atoms. The number of rotatable bonds is 11. The van der Waals surface area contributed by atoms with Gasteiger partial charge in [0, 0.05) is 31.2 Å². The van der Waals surface area contributed by atoms with E-state index in [1.807, 2.05) is 0 Å². The summed E-state index contributed by atoms with van der Waals surface area (Å²) in [6.45, 7) is 3.63. The van der Waals surface area contributed by atoms with Gasteiger partial charge in [-0.2, -0.15) is 0 Å². The minimum Gasteiger partial charge on any atom is -0.370 e. The number of hydrogen-bond donors (Lipinski definition) is 6. The van der Waals surface area contributed by atoms with Gasteiger partial charge in [0.2, 0.25) is 17.7 Å². The van der Waals surface area contributed by atoms with E-state index in [9.17, 15) is 14.4 Å². The normalized spacial score (nSPS) is 29.7. The predicted molar refractivity (Wildman–Crippen MR) is 121 cm³/mol. The Labute approximate surface area is 189 Å². The van der Waals surface area contributed by atoms with Gasteiger partial charge in [0.15, 0.2) is 5.96 Å². The molecule has 11 nitrogen and oxygen atoms in total. The first-order chi connectivity index (χ1) is 15.3. The lowest BCUT2D eigenvalue weighted by Gasteiger charge is -2.45. The first kappa shape index (κ1) is 24.2. The molecule has 3 fully saturated rings. The molecule has 9 N–H and O–H groups in total. The van der Waals surface area contributed by atoms with Crippen LogP contribution in [0, 0.1) is 0 Å². The van der Waals surface area contributed by atoms with Crippen molar-refractivity contribution in [3.63, 3.8) is 0 Å². The van der Waals surface area contributed by atoms with Gasteiger partial charge in [-0.3, -0.25) is 24.3 Å². The molecule has 11 heteroatoms. The highest BCUT2D eigenvalue weighted by atomic mass is 16.2. The van der Waals surface area contributed by atoms with Gasteiger partial charge < -0.3 is 33.2 Å². The maximum atomic E-state index is 12.9. The van der Waals surface area contributed by atoms with Crippen LogP contribution in [0.25, 0.3) is 0 Å². The van der Waals surface area contributed by atoms with Gasteiger partial charge in [-0.05, 0) is 38.5 Å². The summed E-state index contributed by atoms with van der Waals surface area (Å²) in [5.74, 6) is -0.656. The lowest BCUT2D eigenvalue weighted by molar-refractivity contribution is -0.138. The van der Waals surface area contributed by atoms with Crippen LogP contribution in [-0.2, 0) is 14.4 Å². The number of unbranched alkanes of at least 4 members (excludes halogenated alkanes) is 1. The molecule has 0 aromatic heterocycles. The highest BCUT2D eigenvalue weighted by Crippen LogP contribution is 2.48. The van der Waals surface area contributed by atoms with Crippen molar-refractivity contribution in [2.75, 3.05) is 19.6 Å². The molecule has 2 aliphatic heterocycles. The van der Waals surface area contributed by atoms with Crippen molar-refractivity contribution in [2.45, 2.75) is 88.0 Å². The van der Waals surface area contributed by atoms with Gasteiger partial charge in [-0.15, -0.1) is 0 Å². The molecule has 0 spiro atoms. The van der Waals surface area contributed by atoms with Crippen molar-refractivity contribution in [1.29, 1.82) is 0 Å².